The molecule has 26 heavy (non-hydrogen) atoms. The third-order valence-electron chi connectivity index (χ3n) is 4.45. The quantitative estimate of drug-likeness (QED) is 0.316. The second-order valence-corrected chi connectivity index (χ2v) is 6.28. The molecule has 2 aliphatic rings. The highest BCUT2D eigenvalue weighted by atomic mass is 16.4. The van der Waals surface area contributed by atoms with Crippen molar-refractivity contribution in [1.82, 2.24) is 9.78 Å². The summed E-state index contributed by atoms with van der Waals surface area (Å²) in [6, 6.07) is 26.6. The Morgan fingerprint density at radius 2 is 1.46 bits per heavy atom. The standard InChI is InChI=1S/C22H19N3O/c1-16(24-26)15-25-22(18-11-6-3-7-12-18)20-14-8-13-19(20)21(23-25)17-9-4-2-5-10-17/h2-14,26H,15H2,1H3. The Bertz CT molecular complexity index is 1020. The van der Waals surface area contributed by atoms with Crippen LogP contribution in [0.25, 0.3) is 33.6 Å². The van der Waals surface area contributed by atoms with Gasteiger partial charge in [-0.3, -0.25) is 4.68 Å². The first-order valence-corrected chi connectivity index (χ1v) is 8.56. The molecular formula is C22H19N3O. The molecule has 0 bridgehead atoms. The third-order valence-corrected chi connectivity index (χ3v) is 4.45. The van der Waals surface area contributed by atoms with Gasteiger partial charge in [0.25, 0.3) is 0 Å². The molecule has 1 N–H and O–H groups in total. The number of nitrogens with zero attached hydrogens (tertiary/aromatic N) is 3. The van der Waals surface area contributed by atoms with Gasteiger partial charge in [0.05, 0.1) is 23.6 Å². The van der Waals surface area contributed by atoms with E-state index in [-0.39, 0.29) is 0 Å². The SMILES string of the molecule is CC(Cn1nc(-c2ccccc2)c2cccc-2c1-c1ccccc1)=NO. The van der Waals surface area contributed by atoms with Gasteiger partial charge in [0.15, 0.2) is 0 Å². The molecule has 1 aliphatic heterocycles. The summed E-state index contributed by atoms with van der Waals surface area (Å²) in [5.74, 6) is 0. The van der Waals surface area contributed by atoms with Crippen LogP contribution in [0.1, 0.15) is 6.92 Å². The van der Waals surface area contributed by atoms with E-state index in [1.54, 1.807) is 6.92 Å². The van der Waals surface area contributed by atoms with E-state index in [2.05, 4.69) is 47.6 Å². The van der Waals surface area contributed by atoms with Crippen molar-refractivity contribution in [3.05, 3.63) is 78.9 Å². The first-order valence-electron chi connectivity index (χ1n) is 8.56. The van der Waals surface area contributed by atoms with Crippen molar-refractivity contribution in [1.29, 1.82) is 0 Å². The highest BCUT2D eigenvalue weighted by molar-refractivity contribution is 5.91. The summed E-state index contributed by atoms with van der Waals surface area (Å²) in [4.78, 5) is 0. The molecule has 4 nitrogen and oxygen atoms in total. The first-order chi connectivity index (χ1) is 12.8. The van der Waals surface area contributed by atoms with Crippen LogP contribution in [0.3, 0.4) is 0 Å². The van der Waals surface area contributed by atoms with E-state index < -0.39 is 0 Å². The fourth-order valence-electron chi connectivity index (χ4n) is 3.27. The van der Waals surface area contributed by atoms with E-state index in [0.29, 0.717) is 12.3 Å². The van der Waals surface area contributed by atoms with Crippen LogP contribution >= 0.6 is 0 Å². The summed E-state index contributed by atoms with van der Waals surface area (Å²) >= 11 is 0. The minimum Gasteiger partial charge on any atom is -0.411 e. The summed E-state index contributed by atoms with van der Waals surface area (Å²) < 4.78 is 1.93. The Morgan fingerprint density at radius 1 is 0.846 bits per heavy atom. The largest absolute Gasteiger partial charge is 0.411 e. The van der Waals surface area contributed by atoms with E-state index >= 15 is 0 Å². The fraction of sp³-hybridized carbons (Fsp3) is 0.0909. The number of hydrogen-bond donors (Lipinski definition) is 1. The molecule has 2 aromatic rings. The van der Waals surface area contributed by atoms with E-state index in [1.807, 2.05) is 41.1 Å². The van der Waals surface area contributed by atoms with Crippen LogP contribution in [-0.4, -0.2) is 20.7 Å². The normalized spacial score (nSPS) is 11.8. The van der Waals surface area contributed by atoms with E-state index in [4.69, 9.17) is 10.3 Å². The molecule has 0 amide bonds. The average Bonchev–Trinajstić information content (AvgIpc) is 3.18. The third kappa shape index (κ3) is 2.86. The van der Waals surface area contributed by atoms with Crippen LogP contribution in [0.2, 0.25) is 0 Å². The summed E-state index contributed by atoms with van der Waals surface area (Å²) in [5.41, 5.74) is 6.95. The molecule has 0 radical (unpaired) electrons. The van der Waals surface area contributed by atoms with Gasteiger partial charge in [-0.15, -0.1) is 0 Å². The fourth-order valence-corrected chi connectivity index (χ4v) is 3.27. The average molecular weight is 341 g/mol. The molecule has 0 atom stereocenters. The van der Waals surface area contributed by atoms with E-state index in [0.717, 1.165) is 33.6 Å². The van der Waals surface area contributed by atoms with Crippen LogP contribution in [0, 0.1) is 0 Å². The monoisotopic (exact) mass is 341 g/mol. The molecule has 0 fully saturated rings. The van der Waals surface area contributed by atoms with Crippen molar-refractivity contribution in [2.45, 2.75) is 13.5 Å². The zero-order valence-electron chi connectivity index (χ0n) is 14.5. The Morgan fingerprint density at radius 3 is 2.12 bits per heavy atom. The van der Waals surface area contributed by atoms with Crippen LogP contribution in [0.4, 0.5) is 0 Å². The lowest BCUT2D eigenvalue weighted by Gasteiger charge is -2.20. The molecule has 0 spiro atoms. The van der Waals surface area contributed by atoms with Crippen molar-refractivity contribution in [2.75, 3.05) is 0 Å². The van der Waals surface area contributed by atoms with Crippen molar-refractivity contribution in [3.8, 4) is 33.6 Å². The highest BCUT2D eigenvalue weighted by Gasteiger charge is 2.20. The second-order valence-electron chi connectivity index (χ2n) is 6.28. The van der Waals surface area contributed by atoms with Crippen molar-refractivity contribution in [3.63, 3.8) is 0 Å². The number of fused-ring (bicyclic) bond motifs is 1. The van der Waals surface area contributed by atoms with E-state index in [1.165, 1.54) is 0 Å². The molecular weight excluding hydrogens is 322 g/mol. The molecule has 4 rings (SSSR count). The molecule has 2 aromatic carbocycles. The van der Waals surface area contributed by atoms with Gasteiger partial charge < -0.3 is 5.21 Å². The maximum absolute atomic E-state index is 9.16. The van der Waals surface area contributed by atoms with Gasteiger partial charge in [-0.2, -0.15) is 5.10 Å². The van der Waals surface area contributed by atoms with Crippen LogP contribution in [0.5, 0.6) is 0 Å². The van der Waals surface area contributed by atoms with Crippen LogP contribution < -0.4 is 0 Å². The summed E-state index contributed by atoms with van der Waals surface area (Å²) in [7, 11) is 0. The lowest BCUT2D eigenvalue weighted by molar-refractivity contribution is 0.316. The first kappa shape index (κ1) is 16.1. The number of oxime groups is 1. The summed E-state index contributed by atoms with van der Waals surface area (Å²) in [6.45, 7) is 2.21. The predicted octanol–water partition coefficient (Wildman–Crippen LogP) is 5.17. The van der Waals surface area contributed by atoms with Gasteiger partial charge in [0.1, 0.15) is 0 Å². The molecule has 0 unspecified atom stereocenters. The minimum absolute atomic E-state index is 0.418. The summed E-state index contributed by atoms with van der Waals surface area (Å²) in [6.07, 6.45) is 0. The number of hydrogen-bond acceptors (Lipinski definition) is 3. The molecule has 0 saturated carbocycles. The molecule has 1 aliphatic carbocycles. The van der Waals surface area contributed by atoms with Gasteiger partial charge in [-0.1, -0.05) is 84.0 Å². The zero-order chi connectivity index (χ0) is 17.9. The van der Waals surface area contributed by atoms with Crippen molar-refractivity contribution < 1.29 is 5.21 Å². The van der Waals surface area contributed by atoms with Crippen LogP contribution in [-0.2, 0) is 6.54 Å². The minimum atomic E-state index is 0.418. The second kappa shape index (κ2) is 6.84. The molecule has 0 saturated heterocycles. The Balaban J connectivity index is 2.01. The number of rotatable bonds is 4. The van der Waals surface area contributed by atoms with Crippen molar-refractivity contribution in [2.24, 2.45) is 5.16 Å². The maximum Gasteiger partial charge on any atom is 0.0987 e. The van der Waals surface area contributed by atoms with Crippen LogP contribution in [0.15, 0.2) is 84.0 Å². The van der Waals surface area contributed by atoms with Crippen molar-refractivity contribution >= 4 is 5.71 Å². The molecule has 1 heterocycles. The maximum atomic E-state index is 9.16. The van der Waals surface area contributed by atoms with Gasteiger partial charge in [-0.05, 0) is 6.92 Å². The van der Waals surface area contributed by atoms with E-state index in [9.17, 15) is 0 Å². The molecule has 0 aromatic heterocycles. The summed E-state index contributed by atoms with van der Waals surface area (Å²) in [5, 5.41) is 17.4. The van der Waals surface area contributed by atoms with Gasteiger partial charge in [0, 0.05) is 22.3 Å². The molecule has 4 heteroatoms. The lowest BCUT2D eigenvalue weighted by atomic mass is 9.98. The van der Waals surface area contributed by atoms with Gasteiger partial charge in [-0.25, -0.2) is 0 Å². The number of aromatic nitrogens is 2. The Kier molecular flexibility index (Phi) is 4.23. The zero-order valence-corrected chi connectivity index (χ0v) is 14.5. The van der Waals surface area contributed by atoms with Gasteiger partial charge in [0.2, 0.25) is 0 Å². The topological polar surface area (TPSA) is 50.4 Å². The Labute approximate surface area is 152 Å². The number of benzene rings is 2. The predicted molar refractivity (Wildman–Crippen MR) is 105 cm³/mol. The smallest absolute Gasteiger partial charge is 0.0987 e. The Hall–Kier alpha value is -3.40. The van der Waals surface area contributed by atoms with Gasteiger partial charge >= 0.3 is 0 Å². The lowest BCUT2D eigenvalue weighted by Crippen LogP contribution is -2.15. The molecule has 128 valence electrons. The highest BCUT2D eigenvalue weighted by Crippen LogP contribution is 2.39.